The van der Waals surface area contributed by atoms with Gasteiger partial charge in [-0.05, 0) is 24.1 Å². The van der Waals surface area contributed by atoms with Crippen molar-refractivity contribution in [3.63, 3.8) is 0 Å². The minimum atomic E-state index is -3.52. The van der Waals surface area contributed by atoms with E-state index in [1.54, 1.807) is 18.3 Å². The third-order valence-electron chi connectivity index (χ3n) is 5.76. The molecule has 1 amide bonds. The summed E-state index contributed by atoms with van der Waals surface area (Å²) in [5, 5.41) is 14.2. The molecule has 0 spiro atoms. The molecule has 4 rings (SSSR count). The first-order valence-corrected chi connectivity index (χ1v) is 12.7. The number of nitrogens with zero attached hydrogens (tertiary/aromatic N) is 2. The third-order valence-corrected chi connectivity index (χ3v) is 6.81. The van der Waals surface area contributed by atoms with Gasteiger partial charge in [0, 0.05) is 28.8 Å². The van der Waals surface area contributed by atoms with Crippen LogP contribution < -0.4 is 5.32 Å². The fraction of sp³-hybridized carbons (Fsp3) is 0.280. The maximum atomic E-state index is 12.8. The van der Waals surface area contributed by atoms with Crippen molar-refractivity contribution in [2.75, 3.05) is 12.9 Å². The molecule has 33 heavy (non-hydrogen) atoms. The van der Waals surface area contributed by atoms with Crippen molar-refractivity contribution in [3.8, 4) is 0 Å². The van der Waals surface area contributed by atoms with Crippen molar-refractivity contribution in [2.45, 2.75) is 25.8 Å². The summed E-state index contributed by atoms with van der Waals surface area (Å²) in [6.07, 6.45) is 3.67. The summed E-state index contributed by atoms with van der Waals surface area (Å²) in [6, 6.07) is 18.5. The molecule has 8 heteroatoms. The van der Waals surface area contributed by atoms with Crippen molar-refractivity contribution in [1.29, 1.82) is 0 Å². The summed E-state index contributed by atoms with van der Waals surface area (Å²) in [6.45, 7) is 1.67. The van der Waals surface area contributed by atoms with E-state index in [0.717, 1.165) is 16.3 Å². The molecule has 172 valence electrons. The average Bonchev–Trinajstić information content (AvgIpc) is 3.13. The van der Waals surface area contributed by atoms with Crippen molar-refractivity contribution in [2.24, 2.45) is 5.92 Å². The largest absolute Gasteiger partial charge is 0.394 e. The van der Waals surface area contributed by atoms with Crippen LogP contribution in [0.4, 0.5) is 0 Å². The molecule has 7 nitrogen and oxygen atoms in total. The van der Waals surface area contributed by atoms with Crippen LogP contribution in [0.2, 0.25) is 0 Å². The SMILES string of the molecule is CC(Cc1cc2c3ccccc3n(S(C)(=O)=O)c2cn1)C(=O)NC(CO)Cc1ccccc1. The van der Waals surface area contributed by atoms with Crippen molar-refractivity contribution in [1.82, 2.24) is 14.3 Å². The second-order valence-corrected chi connectivity index (χ2v) is 10.3. The minimum Gasteiger partial charge on any atom is -0.394 e. The second-order valence-electron chi connectivity index (χ2n) is 8.42. The molecule has 0 aliphatic heterocycles. The number of aliphatic hydroxyl groups excluding tert-OH is 1. The van der Waals surface area contributed by atoms with Crippen LogP contribution in [0, 0.1) is 5.92 Å². The summed E-state index contributed by atoms with van der Waals surface area (Å²) in [5.41, 5.74) is 2.86. The van der Waals surface area contributed by atoms with Gasteiger partial charge >= 0.3 is 0 Å². The Balaban J connectivity index is 1.55. The van der Waals surface area contributed by atoms with Gasteiger partial charge < -0.3 is 10.4 Å². The highest BCUT2D eigenvalue weighted by Gasteiger charge is 2.21. The molecule has 0 aliphatic rings. The highest BCUT2D eigenvalue weighted by molar-refractivity contribution is 7.89. The average molecular weight is 466 g/mol. The topological polar surface area (TPSA) is 101 Å². The van der Waals surface area contributed by atoms with Crippen molar-refractivity contribution >= 4 is 37.7 Å². The lowest BCUT2D eigenvalue weighted by molar-refractivity contribution is -0.125. The van der Waals surface area contributed by atoms with Crippen LogP contribution in [0.1, 0.15) is 18.2 Å². The summed E-state index contributed by atoms with van der Waals surface area (Å²) in [5.74, 6) is -0.534. The van der Waals surface area contributed by atoms with Gasteiger partial charge in [-0.15, -0.1) is 0 Å². The summed E-state index contributed by atoms with van der Waals surface area (Å²) >= 11 is 0. The number of aromatic nitrogens is 2. The molecule has 4 aromatic rings. The molecule has 2 aromatic carbocycles. The Hall–Kier alpha value is -3.23. The number of fused-ring (bicyclic) bond motifs is 3. The van der Waals surface area contributed by atoms with E-state index in [4.69, 9.17) is 0 Å². The first-order valence-electron chi connectivity index (χ1n) is 10.8. The van der Waals surface area contributed by atoms with Crippen LogP contribution in [0.15, 0.2) is 66.9 Å². The quantitative estimate of drug-likeness (QED) is 0.417. The summed E-state index contributed by atoms with van der Waals surface area (Å²) in [4.78, 5) is 17.2. The molecule has 2 N–H and O–H groups in total. The fourth-order valence-electron chi connectivity index (χ4n) is 4.16. The number of para-hydroxylation sites is 1. The normalized spacial score (nSPS) is 13.8. The molecule has 2 aromatic heterocycles. The number of hydrogen-bond acceptors (Lipinski definition) is 5. The highest BCUT2D eigenvalue weighted by Crippen LogP contribution is 2.30. The molecule has 0 radical (unpaired) electrons. The number of rotatable bonds is 8. The molecule has 0 bridgehead atoms. The predicted molar refractivity (Wildman–Crippen MR) is 130 cm³/mol. The van der Waals surface area contributed by atoms with E-state index in [1.165, 1.54) is 10.2 Å². The van der Waals surface area contributed by atoms with E-state index in [2.05, 4.69) is 10.3 Å². The fourth-order valence-corrected chi connectivity index (χ4v) is 5.18. The Morgan fingerprint density at radius 3 is 2.42 bits per heavy atom. The van der Waals surface area contributed by atoms with E-state index in [1.807, 2.05) is 55.5 Å². The van der Waals surface area contributed by atoms with Gasteiger partial charge in [0.1, 0.15) is 0 Å². The Morgan fingerprint density at radius 1 is 1.03 bits per heavy atom. The van der Waals surface area contributed by atoms with Gasteiger partial charge in [-0.25, -0.2) is 12.4 Å². The zero-order chi connectivity index (χ0) is 23.6. The first-order chi connectivity index (χ1) is 15.8. The van der Waals surface area contributed by atoms with Crippen LogP contribution >= 0.6 is 0 Å². The Kier molecular flexibility index (Phi) is 6.49. The molecular weight excluding hydrogens is 438 g/mol. The van der Waals surface area contributed by atoms with E-state index in [-0.39, 0.29) is 24.5 Å². The van der Waals surface area contributed by atoms with Crippen LogP contribution in [-0.2, 0) is 27.7 Å². The van der Waals surface area contributed by atoms with Crippen LogP contribution in [0.5, 0.6) is 0 Å². The van der Waals surface area contributed by atoms with Gasteiger partial charge in [0.05, 0.1) is 36.1 Å². The zero-order valence-electron chi connectivity index (χ0n) is 18.6. The Bertz CT molecular complexity index is 1400. The smallest absolute Gasteiger partial charge is 0.236 e. The molecule has 0 saturated carbocycles. The van der Waals surface area contributed by atoms with Gasteiger partial charge in [0.25, 0.3) is 0 Å². The molecule has 0 aliphatic carbocycles. The maximum Gasteiger partial charge on any atom is 0.236 e. The minimum absolute atomic E-state index is 0.150. The number of amides is 1. The number of carbonyl (C=O) groups excluding carboxylic acids is 1. The second kappa shape index (κ2) is 9.33. The van der Waals surface area contributed by atoms with Gasteiger partial charge in [-0.1, -0.05) is 55.5 Å². The van der Waals surface area contributed by atoms with Gasteiger partial charge in [0.15, 0.2) is 0 Å². The van der Waals surface area contributed by atoms with Gasteiger partial charge in [-0.2, -0.15) is 0 Å². The van der Waals surface area contributed by atoms with E-state index in [0.29, 0.717) is 29.6 Å². The first kappa shape index (κ1) is 22.9. The van der Waals surface area contributed by atoms with Crippen molar-refractivity contribution < 1.29 is 18.3 Å². The predicted octanol–water partition coefficient (Wildman–Crippen LogP) is 2.90. The number of benzene rings is 2. The lowest BCUT2D eigenvalue weighted by atomic mass is 10.0. The maximum absolute atomic E-state index is 12.8. The van der Waals surface area contributed by atoms with E-state index >= 15 is 0 Å². The standard InChI is InChI=1S/C25H27N3O4S/c1-17(25(30)27-20(16-29)13-18-8-4-3-5-9-18)12-19-14-22-21-10-6-7-11-23(21)28(33(2,31)32)24(22)15-26-19/h3-11,14-15,17,20,29H,12-13,16H2,1-2H3,(H,27,30). The third kappa shape index (κ3) is 4.91. The summed E-state index contributed by atoms with van der Waals surface area (Å²) in [7, 11) is -3.52. The van der Waals surface area contributed by atoms with E-state index in [9.17, 15) is 18.3 Å². The van der Waals surface area contributed by atoms with Gasteiger partial charge in [-0.3, -0.25) is 9.78 Å². The van der Waals surface area contributed by atoms with Gasteiger partial charge in [0.2, 0.25) is 15.9 Å². The number of carbonyl (C=O) groups is 1. The summed E-state index contributed by atoms with van der Waals surface area (Å²) < 4.78 is 26.1. The molecule has 2 unspecified atom stereocenters. The molecule has 0 saturated heterocycles. The molecule has 2 atom stereocenters. The number of hydrogen-bond donors (Lipinski definition) is 2. The number of pyridine rings is 1. The van der Waals surface area contributed by atoms with Crippen LogP contribution in [0.25, 0.3) is 21.8 Å². The van der Waals surface area contributed by atoms with Crippen LogP contribution in [-0.4, -0.2) is 47.3 Å². The molecule has 2 heterocycles. The Morgan fingerprint density at radius 2 is 1.73 bits per heavy atom. The molecule has 0 fully saturated rings. The zero-order valence-corrected chi connectivity index (χ0v) is 19.4. The van der Waals surface area contributed by atoms with Crippen molar-refractivity contribution in [3.05, 3.63) is 78.1 Å². The van der Waals surface area contributed by atoms with Crippen LogP contribution in [0.3, 0.4) is 0 Å². The van der Waals surface area contributed by atoms with E-state index < -0.39 is 10.0 Å². The number of aliphatic hydroxyl groups is 1. The highest BCUT2D eigenvalue weighted by atomic mass is 32.2. The Labute approximate surface area is 193 Å². The molecular formula is C25H27N3O4S. The monoisotopic (exact) mass is 465 g/mol. The number of nitrogens with one attached hydrogen (secondary N) is 1. The lowest BCUT2D eigenvalue weighted by Crippen LogP contribution is -2.42. The lowest BCUT2D eigenvalue weighted by Gasteiger charge is -2.19.